The predicted octanol–water partition coefficient (Wildman–Crippen LogP) is 4.09. The number of benzene rings is 2. The highest BCUT2D eigenvalue weighted by Gasteiger charge is 2.24. The molecular weight excluding hydrogens is 397 g/mol. The van der Waals surface area contributed by atoms with Gasteiger partial charge in [-0.1, -0.05) is 36.4 Å². The van der Waals surface area contributed by atoms with Crippen LogP contribution in [-0.2, 0) is 10.0 Å². The Bertz CT molecular complexity index is 791. The molecule has 0 bridgehead atoms. The van der Waals surface area contributed by atoms with Crippen LogP contribution in [0.3, 0.4) is 0 Å². The first-order chi connectivity index (χ1) is 9.96. The number of halogens is 1. The summed E-state index contributed by atoms with van der Waals surface area (Å²) < 4.78 is 27.7. The van der Waals surface area contributed by atoms with E-state index < -0.39 is 10.0 Å². The van der Waals surface area contributed by atoms with Crippen molar-refractivity contribution in [3.63, 3.8) is 0 Å². The molecular formula is C16H14INO2S. The van der Waals surface area contributed by atoms with Gasteiger partial charge < -0.3 is 0 Å². The molecule has 0 spiro atoms. The van der Waals surface area contributed by atoms with E-state index in [-0.39, 0.29) is 4.90 Å². The molecule has 0 saturated heterocycles. The highest BCUT2D eigenvalue weighted by Crippen LogP contribution is 2.28. The largest absolute Gasteiger partial charge is 0.268 e. The molecule has 0 saturated carbocycles. The van der Waals surface area contributed by atoms with Gasteiger partial charge in [0.1, 0.15) is 0 Å². The average Bonchev–Trinajstić information content (AvgIpc) is 2.46. The number of hydrogen-bond donors (Lipinski definition) is 0. The minimum absolute atomic E-state index is 0.235. The van der Waals surface area contributed by atoms with Crippen molar-refractivity contribution >= 4 is 38.3 Å². The fraction of sp³-hybridized carbons (Fsp3) is 0.0625. The predicted molar refractivity (Wildman–Crippen MR) is 93.7 cm³/mol. The molecule has 0 heterocycles. The third-order valence-electron chi connectivity index (χ3n) is 2.88. The molecule has 2 rings (SSSR count). The van der Waals surface area contributed by atoms with E-state index in [0.29, 0.717) is 5.69 Å². The summed E-state index contributed by atoms with van der Waals surface area (Å²) in [6.45, 7) is 5.40. The maximum atomic E-state index is 12.8. The normalized spacial score (nSPS) is 10.8. The van der Waals surface area contributed by atoms with Crippen LogP contribution in [0.4, 0.5) is 5.69 Å². The van der Waals surface area contributed by atoms with Crippen molar-refractivity contribution in [2.75, 3.05) is 4.31 Å². The van der Waals surface area contributed by atoms with Gasteiger partial charge in [0, 0.05) is 3.57 Å². The van der Waals surface area contributed by atoms with E-state index in [1.54, 1.807) is 36.4 Å². The summed E-state index contributed by atoms with van der Waals surface area (Å²) in [4.78, 5) is 0.235. The van der Waals surface area contributed by atoms with E-state index in [2.05, 4.69) is 34.9 Å². The van der Waals surface area contributed by atoms with Crippen LogP contribution in [0, 0.1) is 10.5 Å². The Morgan fingerprint density at radius 1 is 1.14 bits per heavy atom. The van der Waals surface area contributed by atoms with E-state index in [9.17, 15) is 8.42 Å². The maximum absolute atomic E-state index is 12.8. The Labute approximate surface area is 138 Å². The summed E-state index contributed by atoms with van der Waals surface area (Å²) in [7, 11) is -3.69. The Balaban J connectivity index is 2.60. The van der Waals surface area contributed by atoms with Gasteiger partial charge in [-0.2, -0.15) is 0 Å². The second kappa shape index (κ2) is 6.47. The molecule has 2 aromatic rings. The number of rotatable bonds is 4. The molecule has 0 atom stereocenters. The van der Waals surface area contributed by atoms with E-state index in [4.69, 9.17) is 0 Å². The molecule has 3 nitrogen and oxygen atoms in total. The summed E-state index contributed by atoms with van der Waals surface area (Å²) in [5.41, 5.74) is 4.14. The molecule has 0 unspecified atom stereocenters. The van der Waals surface area contributed by atoms with E-state index in [0.717, 1.165) is 9.13 Å². The molecule has 2 aromatic carbocycles. The lowest BCUT2D eigenvalue weighted by Gasteiger charge is -2.21. The van der Waals surface area contributed by atoms with Gasteiger partial charge in [0.25, 0.3) is 10.0 Å². The lowest BCUT2D eigenvalue weighted by molar-refractivity contribution is 0.596. The molecule has 108 valence electrons. The second-order valence-corrected chi connectivity index (χ2v) is 7.38. The number of nitrogens with zero attached hydrogens (tertiary/aromatic N) is 1. The summed E-state index contributed by atoms with van der Waals surface area (Å²) in [5.74, 6) is 0. The zero-order valence-corrected chi connectivity index (χ0v) is 14.4. The van der Waals surface area contributed by atoms with Gasteiger partial charge in [0.15, 0.2) is 0 Å². The molecule has 0 aliphatic rings. The molecule has 0 N–H and O–H groups in total. The van der Waals surface area contributed by atoms with Crippen molar-refractivity contribution in [2.45, 2.75) is 11.8 Å². The van der Waals surface area contributed by atoms with Gasteiger partial charge in [-0.3, -0.25) is 0 Å². The molecule has 0 aromatic heterocycles. The standard InChI is InChI=1S/C16H14INO2S/c1-3-12-18(16-7-5-4-6-15(16)17)21(19,20)14-10-8-13(2)9-11-14/h4-12H,1H2,2H3. The van der Waals surface area contributed by atoms with Crippen LogP contribution in [0.5, 0.6) is 0 Å². The van der Waals surface area contributed by atoms with Gasteiger partial charge in [-0.05, 0) is 53.8 Å². The third kappa shape index (κ3) is 3.37. The van der Waals surface area contributed by atoms with Crippen molar-refractivity contribution < 1.29 is 8.42 Å². The number of aryl methyl sites for hydroxylation is 1. The van der Waals surface area contributed by atoms with Gasteiger partial charge in [-0.15, -0.1) is 5.73 Å². The van der Waals surface area contributed by atoms with Crippen LogP contribution in [-0.4, -0.2) is 8.42 Å². The van der Waals surface area contributed by atoms with Crippen molar-refractivity contribution in [2.24, 2.45) is 0 Å². The molecule has 5 heteroatoms. The summed E-state index contributed by atoms with van der Waals surface area (Å²) in [5, 5.41) is 0. The van der Waals surface area contributed by atoms with Crippen molar-refractivity contribution in [1.29, 1.82) is 0 Å². The van der Waals surface area contributed by atoms with Crippen LogP contribution in [0.2, 0.25) is 0 Å². The van der Waals surface area contributed by atoms with Crippen molar-refractivity contribution in [1.82, 2.24) is 0 Å². The van der Waals surface area contributed by atoms with Crippen LogP contribution < -0.4 is 4.31 Å². The summed E-state index contributed by atoms with van der Waals surface area (Å²) >= 11 is 2.11. The number of para-hydroxylation sites is 1. The molecule has 0 aliphatic heterocycles. The minimum Gasteiger partial charge on any atom is -0.233 e. The first-order valence-corrected chi connectivity index (χ1v) is 8.70. The number of anilines is 1. The quantitative estimate of drug-likeness (QED) is 0.562. The fourth-order valence-corrected chi connectivity index (χ4v) is 3.96. The number of sulfonamides is 1. The van der Waals surface area contributed by atoms with Crippen LogP contribution in [0.25, 0.3) is 0 Å². The zero-order valence-electron chi connectivity index (χ0n) is 11.5. The van der Waals surface area contributed by atoms with Crippen LogP contribution in [0.1, 0.15) is 5.56 Å². The molecule has 0 aliphatic carbocycles. The van der Waals surface area contributed by atoms with Gasteiger partial charge in [-0.25, -0.2) is 12.7 Å². The molecule has 0 radical (unpaired) electrons. The van der Waals surface area contributed by atoms with Crippen molar-refractivity contribution in [3.8, 4) is 0 Å². The van der Waals surface area contributed by atoms with Gasteiger partial charge >= 0.3 is 0 Å². The summed E-state index contributed by atoms with van der Waals surface area (Å²) in [6, 6.07) is 14.0. The molecule has 0 amide bonds. The highest BCUT2D eigenvalue weighted by molar-refractivity contribution is 14.1. The highest BCUT2D eigenvalue weighted by atomic mass is 127. The Morgan fingerprint density at radius 3 is 2.33 bits per heavy atom. The smallest absolute Gasteiger partial charge is 0.233 e. The monoisotopic (exact) mass is 411 g/mol. The van der Waals surface area contributed by atoms with Crippen LogP contribution >= 0.6 is 22.6 Å². The Kier molecular flexibility index (Phi) is 4.88. The first-order valence-electron chi connectivity index (χ1n) is 6.18. The third-order valence-corrected chi connectivity index (χ3v) is 5.48. The Morgan fingerprint density at radius 2 is 1.76 bits per heavy atom. The molecule has 21 heavy (non-hydrogen) atoms. The fourth-order valence-electron chi connectivity index (χ4n) is 1.81. The number of hydrogen-bond acceptors (Lipinski definition) is 2. The lowest BCUT2D eigenvalue weighted by atomic mass is 10.2. The first kappa shape index (κ1) is 15.8. The van der Waals surface area contributed by atoms with E-state index in [1.165, 1.54) is 10.5 Å². The lowest BCUT2D eigenvalue weighted by Crippen LogP contribution is -2.26. The van der Waals surface area contributed by atoms with Gasteiger partial charge in [0.05, 0.1) is 16.8 Å². The SMILES string of the molecule is C=C=CN(c1ccccc1I)S(=O)(=O)c1ccc(C)cc1. The minimum atomic E-state index is -3.69. The zero-order chi connectivity index (χ0) is 15.5. The second-order valence-electron chi connectivity index (χ2n) is 4.40. The van der Waals surface area contributed by atoms with E-state index >= 15 is 0 Å². The molecule has 0 fully saturated rings. The topological polar surface area (TPSA) is 37.4 Å². The van der Waals surface area contributed by atoms with E-state index in [1.807, 2.05) is 19.1 Å². The summed E-state index contributed by atoms with van der Waals surface area (Å²) in [6.07, 6.45) is 1.34. The van der Waals surface area contributed by atoms with Crippen LogP contribution in [0.15, 0.2) is 71.9 Å². The van der Waals surface area contributed by atoms with Gasteiger partial charge in [0.2, 0.25) is 0 Å². The van der Waals surface area contributed by atoms with Crippen molar-refractivity contribution in [3.05, 3.63) is 76.2 Å². The average molecular weight is 411 g/mol. The Hall–Kier alpha value is -1.56. The maximum Gasteiger partial charge on any atom is 0.268 e.